The molecule has 2 N–H and O–H groups in total. The average Bonchev–Trinajstić information content (AvgIpc) is 3.05. The average molecular weight is 335 g/mol. The number of allylic oxidation sites excluding steroid dienone is 1. The number of benzene rings is 2. The van der Waals surface area contributed by atoms with Crippen LogP contribution in [0.15, 0.2) is 54.3 Å². The van der Waals surface area contributed by atoms with Gasteiger partial charge >= 0.3 is 0 Å². The lowest BCUT2D eigenvalue weighted by molar-refractivity contribution is 0.253. The predicted molar refractivity (Wildman–Crippen MR) is 94.4 cm³/mol. The molecule has 0 aliphatic heterocycles. The summed E-state index contributed by atoms with van der Waals surface area (Å²) in [6, 6.07) is 16.6. The molecule has 0 spiro atoms. The minimum Gasteiger partial charge on any atom is -0.507 e. The maximum atomic E-state index is 10.3. The highest BCUT2D eigenvalue weighted by molar-refractivity contribution is 5.82. The van der Waals surface area contributed by atoms with Crippen LogP contribution in [0.25, 0.3) is 16.6 Å². The first-order valence-corrected chi connectivity index (χ1v) is 7.85. The van der Waals surface area contributed by atoms with Gasteiger partial charge in [-0.05, 0) is 31.2 Å². The van der Waals surface area contributed by atoms with Crippen LogP contribution in [0.2, 0.25) is 0 Å². The van der Waals surface area contributed by atoms with E-state index < -0.39 is 0 Å². The molecule has 126 valence electrons. The normalized spacial score (nSPS) is 11.7. The zero-order valence-electron chi connectivity index (χ0n) is 13.7. The number of nitrogens with zero attached hydrogens (tertiary/aromatic N) is 2. The number of aliphatic hydroxyl groups is 1. The van der Waals surface area contributed by atoms with E-state index in [1.807, 2.05) is 49.4 Å². The van der Waals surface area contributed by atoms with Crippen molar-refractivity contribution < 1.29 is 14.6 Å². The minimum absolute atomic E-state index is 0.0464. The number of aromatic amines is 1. The standard InChI is InChI=1S/C19H17N3O3/c1-2-24-17-9-5-6-10-18(17)25-12-16(23)13(11-20)19-21-14-7-3-4-8-15(14)22-19/h3-10,23H,2,12H2,1H3,(H,21,22). The number of imidazole rings is 1. The summed E-state index contributed by atoms with van der Waals surface area (Å²) in [6.45, 7) is 2.22. The van der Waals surface area contributed by atoms with Crippen LogP contribution in [0, 0.1) is 11.3 Å². The second-order valence-electron chi connectivity index (χ2n) is 5.20. The summed E-state index contributed by atoms with van der Waals surface area (Å²) in [5.41, 5.74) is 1.56. The Labute approximate surface area is 145 Å². The summed E-state index contributed by atoms with van der Waals surface area (Å²) in [5.74, 6) is 1.19. The summed E-state index contributed by atoms with van der Waals surface area (Å²) in [5, 5.41) is 19.7. The van der Waals surface area contributed by atoms with Crippen molar-refractivity contribution in [2.24, 2.45) is 0 Å². The topological polar surface area (TPSA) is 91.2 Å². The van der Waals surface area contributed by atoms with Crippen LogP contribution in [0.5, 0.6) is 11.5 Å². The molecule has 0 bridgehead atoms. The van der Waals surface area contributed by atoms with Gasteiger partial charge in [0, 0.05) is 0 Å². The van der Waals surface area contributed by atoms with Gasteiger partial charge in [-0.15, -0.1) is 0 Å². The van der Waals surface area contributed by atoms with Gasteiger partial charge in [0.15, 0.2) is 23.1 Å². The molecule has 3 aromatic rings. The van der Waals surface area contributed by atoms with Gasteiger partial charge in [0.2, 0.25) is 0 Å². The lowest BCUT2D eigenvalue weighted by Crippen LogP contribution is -2.05. The molecule has 0 amide bonds. The van der Waals surface area contributed by atoms with E-state index in [-0.39, 0.29) is 17.9 Å². The SMILES string of the molecule is CCOc1ccccc1OCC(O)=C(C#N)c1nc2ccccc2[nH]1. The van der Waals surface area contributed by atoms with Crippen molar-refractivity contribution in [2.75, 3.05) is 13.2 Å². The van der Waals surface area contributed by atoms with Gasteiger partial charge in [-0.25, -0.2) is 4.98 Å². The van der Waals surface area contributed by atoms with Crippen LogP contribution in [0.1, 0.15) is 12.7 Å². The van der Waals surface area contributed by atoms with Gasteiger partial charge in [0.25, 0.3) is 0 Å². The summed E-state index contributed by atoms with van der Waals surface area (Å²) in [4.78, 5) is 7.36. The molecular formula is C19H17N3O3. The zero-order chi connectivity index (χ0) is 17.6. The third-order valence-corrected chi connectivity index (χ3v) is 3.54. The maximum Gasteiger partial charge on any atom is 0.161 e. The van der Waals surface area contributed by atoms with Gasteiger partial charge in [-0.2, -0.15) is 5.26 Å². The molecule has 2 aromatic carbocycles. The highest BCUT2D eigenvalue weighted by Crippen LogP contribution is 2.27. The lowest BCUT2D eigenvalue weighted by atomic mass is 10.2. The smallest absolute Gasteiger partial charge is 0.161 e. The second kappa shape index (κ2) is 7.41. The monoisotopic (exact) mass is 335 g/mol. The molecule has 0 saturated heterocycles. The highest BCUT2D eigenvalue weighted by Gasteiger charge is 2.14. The zero-order valence-corrected chi connectivity index (χ0v) is 13.7. The van der Waals surface area contributed by atoms with E-state index in [0.29, 0.717) is 23.9 Å². The number of nitriles is 1. The Balaban J connectivity index is 1.84. The number of nitrogens with one attached hydrogen (secondary N) is 1. The van der Waals surface area contributed by atoms with Crippen molar-refractivity contribution in [1.82, 2.24) is 9.97 Å². The van der Waals surface area contributed by atoms with E-state index in [1.165, 1.54) is 0 Å². The Morgan fingerprint density at radius 3 is 2.48 bits per heavy atom. The van der Waals surface area contributed by atoms with E-state index in [2.05, 4.69) is 9.97 Å². The Bertz CT molecular complexity index is 921. The van der Waals surface area contributed by atoms with Gasteiger partial charge in [-0.3, -0.25) is 0 Å². The van der Waals surface area contributed by atoms with Gasteiger partial charge in [0.05, 0.1) is 17.6 Å². The van der Waals surface area contributed by atoms with Crippen molar-refractivity contribution in [1.29, 1.82) is 5.26 Å². The first-order valence-electron chi connectivity index (χ1n) is 7.85. The molecule has 6 nitrogen and oxygen atoms in total. The minimum atomic E-state index is -0.201. The lowest BCUT2D eigenvalue weighted by Gasteiger charge is -2.11. The predicted octanol–water partition coefficient (Wildman–Crippen LogP) is 3.83. The Hall–Kier alpha value is -3.46. The van der Waals surface area contributed by atoms with E-state index in [0.717, 1.165) is 11.0 Å². The molecule has 0 aliphatic rings. The Morgan fingerprint density at radius 1 is 1.12 bits per heavy atom. The Morgan fingerprint density at radius 2 is 1.80 bits per heavy atom. The molecule has 0 aliphatic carbocycles. The third-order valence-electron chi connectivity index (χ3n) is 3.54. The number of aliphatic hydroxyl groups excluding tert-OH is 1. The number of rotatable bonds is 6. The fourth-order valence-electron chi connectivity index (χ4n) is 2.39. The van der Waals surface area contributed by atoms with E-state index in [4.69, 9.17) is 9.47 Å². The first kappa shape index (κ1) is 16.4. The number of ether oxygens (including phenoxy) is 2. The van der Waals surface area contributed by atoms with Crippen LogP contribution in [0.4, 0.5) is 0 Å². The molecule has 25 heavy (non-hydrogen) atoms. The molecule has 1 heterocycles. The number of fused-ring (bicyclic) bond motifs is 1. The van der Waals surface area contributed by atoms with Crippen LogP contribution in [0.3, 0.4) is 0 Å². The highest BCUT2D eigenvalue weighted by atomic mass is 16.5. The quantitative estimate of drug-likeness (QED) is 0.527. The number of hydrogen-bond donors (Lipinski definition) is 2. The number of aromatic nitrogens is 2. The molecule has 0 unspecified atom stereocenters. The van der Waals surface area contributed by atoms with Crippen LogP contribution >= 0.6 is 0 Å². The molecule has 0 atom stereocenters. The van der Waals surface area contributed by atoms with Crippen LogP contribution < -0.4 is 9.47 Å². The van der Waals surface area contributed by atoms with Crippen molar-refractivity contribution in [3.63, 3.8) is 0 Å². The van der Waals surface area contributed by atoms with Crippen LogP contribution in [-0.4, -0.2) is 28.3 Å². The number of hydrogen-bond acceptors (Lipinski definition) is 5. The third kappa shape index (κ3) is 3.56. The Kier molecular flexibility index (Phi) is 4.86. The fourth-order valence-corrected chi connectivity index (χ4v) is 2.39. The van der Waals surface area contributed by atoms with Gasteiger partial charge in [-0.1, -0.05) is 24.3 Å². The van der Waals surface area contributed by atoms with Gasteiger partial charge < -0.3 is 19.6 Å². The van der Waals surface area contributed by atoms with Crippen molar-refractivity contribution in [3.05, 3.63) is 60.1 Å². The van der Waals surface area contributed by atoms with Crippen molar-refractivity contribution in [2.45, 2.75) is 6.92 Å². The molecule has 0 fully saturated rings. The van der Waals surface area contributed by atoms with Crippen molar-refractivity contribution in [3.8, 4) is 17.6 Å². The fraction of sp³-hybridized carbons (Fsp3) is 0.158. The van der Waals surface area contributed by atoms with E-state index >= 15 is 0 Å². The second-order valence-corrected chi connectivity index (χ2v) is 5.20. The van der Waals surface area contributed by atoms with Crippen molar-refractivity contribution >= 4 is 16.6 Å². The first-order chi connectivity index (χ1) is 12.2. The molecule has 0 radical (unpaired) electrons. The molecule has 6 heteroatoms. The van der Waals surface area contributed by atoms with Crippen LogP contribution in [-0.2, 0) is 0 Å². The maximum absolute atomic E-state index is 10.3. The molecule has 3 rings (SSSR count). The largest absolute Gasteiger partial charge is 0.507 e. The molecule has 1 aromatic heterocycles. The summed E-state index contributed by atoms with van der Waals surface area (Å²) in [7, 11) is 0. The van der Waals surface area contributed by atoms with E-state index in [9.17, 15) is 10.4 Å². The number of H-pyrrole nitrogens is 1. The molecule has 0 saturated carbocycles. The van der Waals surface area contributed by atoms with Gasteiger partial charge in [0.1, 0.15) is 18.2 Å². The summed E-state index contributed by atoms with van der Waals surface area (Å²) < 4.78 is 11.1. The molecular weight excluding hydrogens is 318 g/mol. The number of para-hydroxylation sites is 4. The summed E-state index contributed by atoms with van der Waals surface area (Å²) in [6.07, 6.45) is 0. The summed E-state index contributed by atoms with van der Waals surface area (Å²) >= 11 is 0. The van der Waals surface area contributed by atoms with E-state index in [1.54, 1.807) is 12.1 Å².